The second-order valence-electron chi connectivity index (χ2n) is 6.33. The van der Waals surface area contributed by atoms with E-state index < -0.39 is 0 Å². The van der Waals surface area contributed by atoms with Crippen LogP contribution in [0, 0.1) is 5.41 Å². The molecule has 1 aromatic heterocycles. The van der Waals surface area contributed by atoms with E-state index in [1.807, 2.05) is 12.3 Å². The summed E-state index contributed by atoms with van der Waals surface area (Å²) >= 11 is 0. The zero-order valence-electron chi connectivity index (χ0n) is 11.5. The average Bonchev–Trinajstić information content (AvgIpc) is 2.74. The Bertz CT molecular complexity index is 737. The lowest BCUT2D eigenvalue weighted by Gasteiger charge is -2.36. The molecule has 0 aliphatic heterocycles. The maximum Gasteiger partial charge on any atom is 0.139 e. The number of phenolic OH excluding ortho intramolecular Hbond substituents is 1. The maximum absolute atomic E-state index is 12.2. The average molecular weight is 267 g/mol. The van der Waals surface area contributed by atoms with Gasteiger partial charge in [-0.2, -0.15) is 0 Å². The van der Waals surface area contributed by atoms with Crippen molar-refractivity contribution in [2.45, 2.75) is 38.5 Å². The van der Waals surface area contributed by atoms with Crippen LogP contribution >= 0.6 is 0 Å². The zero-order chi connectivity index (χ0) is 13.9. The van der Waals surface area contributed by atoms with Crippen LogP contribution in [0.4, 0.5) is 0 Å². The number of benzene rings is 1. The summed E-state index contributed by atoms with van der Waals surface area (Å²) in [5.74, 6) is 0.991. The van der Waals surface area contributed by atoms with E-state index in [1.54, 1.807) is 12.1 Å². The molecule has 2 aromatic rings. The number of fused-ring (bicyclic) bond motifs is 5. The summed E-state index contributed by atoms with van der Waals surface area (Å²) in [4.78, 5) is 16.7. The Kier molecular flexibility index (Phi) is 2.27. The number of nitrogens with zero attached hydrogens (tertiary/aromatic N) is 1. The van der Waals surface area contributed by atoms with E-state index in [1.165, 1.54) is 11.1 Å². The molecule has 3 nitrogen and oxygen atoms in total. The van der Waals surface area contributed by atoms with Crippen LogP contribution in [0.3, 0.4) is 0 Å². The standard InChI is InChI=1S/C17H17NO2/c1-17-7-6-11-12-3-2-10(19)8-15(12)18-9-13(11)14(17)4-5-16(17)20/h2-3,8-9,14,19H,4-7H2,1H3/t14-,17-/m0/s1. The van der Waals surface area contributed by atoms with Crippen LogP contribution in [0.2, 0.25) is 0 Å². The van der Waals surface area contributed by atoms with E-state index in [4.69, 9.17) is 0 Å². The molecule has 1 saturated carbocycles. The second kappa shape index (κ2) is 3.81. The van der Waals surface area contributed by atoms with Gasteiger partial charge < -0.3 is 5.11 Å². The smallest absolute Gasteiger partial charge is 0.139 e. The number of hydrogen-bond acceptors (Lipinski definition) is 3. The van der Waals surface area contributed by atoms with Crippen molar-refractivity contribution in [3.05, 3.63) is 35.5 Å². The first-order chi connectivity index (χ1) is 9.59. The van der Waals surface area contributed by atoms with Crippen molar-refractivity contribution < 1.29 is 9.90 Å². The summed E-state index contributed by atoms with van der Waals surface area (Å²) in [5, 5.41) is 10.7. The normalized spacial score (nSPS) is 28.4. The van der Waals surface area contributed by atoms with E-state index >= 15 is 0 Å². The Hall–Kier alpha value is -1.90. The molecule has 2 aliphatic rings. The molecule has 1 N–H and O–H groups in total. The molecule has 102 valence electrons. The van der Waals surface area contributed by atoms with Gasteiger partial charge in [-0.15, -0.1) is 0 Å². The Morgan fingerprint density at radius 1 is 1.35 bits per heavy atom. The number of aromatic nitrogens is 1. The molecule has 0 saturated heterocycles. The summed E-state index contributed by atoms with van der Waals surface area (Å²) in [5.41, 5.74) is 3.24. The number of aryl methyl sites for hydroxylation is 1. The fraction of sp³-hybridized carbons (Fsp3) is 0.412. The summed E-state index contributed by atoms with van der Waals surface area (Å²) < 4.78 is 0. The molecule has 3 heteroatoms. The van der Waals surface area contributed by atoms with Crippen molar-refractivity contribution >= 4 is 16.7 Å². The van der Waals surface area contributed by atoms with Crippen LogP contribution < -0.4 is 0 Å². The van der Waals surface area contributed by atoms with Gasteiger partial charge in [0.1, 0.15) is 11.5 Å². The van der Waals surface area contributed by atoms with Crippen LogP contribution in [0.1, 0.15) is 43.2 Å². The molecule has 0 unspecified atom stereocenters. The highest BCUT2D eigenvalue weighted by molar-refractivity contribution is 5.90. The van der Waals surface area contributed by atoms with Gasteiger partial charge in [0, 0.05) is 29.5 Å². The number of pyridine rings is 1. The topological polar surface area (TPSA) is 50.2 Å². The number of ketones is 1. The Morgan fingerprint density at radius 2 is 2.20 bits per heavy atom. The van der Waals surface area contributed by atoms with Crippen molar-refractivity contribution in [1.82, 2.24) is 4.98 Å². The summed E-state index contributed by atoms with van der Waals surface area (Å²) in [6.45, 7) is 2.12. The van der Waals surface area contributed by atoms with Crippen LogP contribution in [0.5, 0.6) is 5.75 Å². The van der Waals surface area contributed by atoms with Crippen molar-refractivity contribution in [2.24, 2.45) is 5.41 Å². The van der Waals surface area contributed by atoms with Gasteiger partial charge in [-0.1, -0.05) is 6.92 Å². The minimum absolute atomic E-state index is 0.181. The van der Waals surface area contributed by atoms with E-state index in [-0.39, 0.29) is 11.2 Å². The van der Waals surface area contributed by atoms with Crippen LogP contribution in [0.15, 0.2) is 24.4 Å². The van der Waals surface area contributed by atoms with Gasteiger partial charge in [-0.3, -0.25) is 9.78 Å². The SMILES string of the molecule is C[C@]12CCc3c(cnc4cc(O)ccc34)[C@@H]1CCC2=O. The summed E-state index contributed by atoms with van der Waals surface area (Å²) in [6.07, 6.45) is 5.45. The fourth-order valence-electron chi connectivity index (χ4n) is 4.10. The van der Waals surface area contributed by atoms with Crippen molar-refractivity contribution in [3.8, 4) is 5.75 Å². The molecular weight excluding hydrogens is 250 g/mol. The minimum atomic E-state index is -0.181. The predicted octanol–water partition coefficient (Wildman–Crippen LogP) is 3.34. The monoisotopic (exact) mass is 267 g/mol. The molecular formula is C17H17NO2. The third-order valence-electron chi connectivity index (χ3n) is 5.33. The highest BCUT2D eigenvalue weighted by Crippen LogP contribution is 2.54. The first-order valence-corrected chi connectivity index (χ1v) is 7.23. The molecule has 0 amide bonds. The molecule has 0 bridgehead atoms. The largest absolute Gasteiger partial charge is 0.508 e. The molecule has 1 heterocycles. The second-order valence-corrected chi connectivity index (χ2v) is 6.33. The van der Waals surface area contributed by atoms with Gasteiger partial charge in [0.25, 0.3) is 0 Å². The van der Waals surface area contributed by atoms with Crippen LogP contribution in [0.25, 0.3) is 10.9 Å². The zero-order valence-corrected chi connectivity index (χ0v) is 11.5. The van der Waals surface area contributed by atoms with Crippen LogP contribution in [-0.2, 0) is 11.2 Å². The van der Waals surface area contributed by atoms with Gasteiger partial charge in [-0.25, -0.2) is 0 Å². The first kappa shape index (κ1) is 11.9. The van der Waals surface area contributed by atoms with Gasteiger partial charge in [-0.05, 0) is 48.4 Å². The molecule has 0 spiro atoms. The molecule has 2 aliphatic carbocycles. The maximum atomic E-state index is 12.2. The number of carbonyl (C=O) groups is 1. The highest BCUT2D eigenvalue weighted by Gasteiger charge is 2.49. The highest BCUT2D eigenvalue weighted by atomic mass is 16.3. The first-order valence-electron chi connectivity index (χ1n) is 7.23. The number of aromatic hydroxyl groups is 1. The molecule has 1 fully saturated rings. The van der Waals surface area contributed by atoms with E-state index in [9.17, 15) is 9.90 Å². The molecule has 2 atom stereocenters. The lowest BCUT2D eigenvalue weighted by Crippen LogP contribution is -2.32. The van der Waals surface area contributed by atoms with Crippen molar-refractivity contribution in [3.63, 3.8) is 0 Å². The van der Waals surface area contributed by atoms with E-state index in [0.29, 0.717) is 18.1 Å². The summed E-state index contributed by atoms with van der Waals surface area (Å²) in [6, 6.07) is 5.39. The number of rotatable bonds is 0. The van der Waals surface area contributed by atoms with Gasteiger partial charge in [0.05, 0.1) is 5.52 Å². The fourth-order valence-corrected chi connectivity index (χ4v) is 4.10. The third kappa shape index (κ3) is 1.41. The number of hydrogen-bond donors (Lipinski definition) is 1. The van der Waals surface area contributed by atoms with Gasteiger partial charge >= 0.3 is 0 Å². The lowest BCUT2D eigenvalue weighted by atomic mass is 9.66. The quantitative estimate of drug-likeness (QED) is 0.796. The Balaban J connectivity index is 1.95. The minimum Gasteiger partial charge on any atom is -0.508 e. The molecule has 4 rings (SSSR count). The summed E-state index contributed by atoms with van der Waals surface area (Å²) in [7, 11) is 0. The lowest BCUT2D eigenvalue weighted by molar-refractivity contribution is -0.126. The van der Waals surface area contributed by atoms with E-state index in [2.05, 4.69) is 11.9 Å². The van der Waals surface area contributed by atoms with Crippen LogP contribution in [-0.4, -0.2) is 15.9 Å². The van der Waals surface area contributed by atoms with Crippen molar-refractivity contribution in [1.29, 1.82) is 0 Å². The van der Waals surface area contributed by atoms with E-state index in [0.717, 1.165) is 30.2 Å². The Labute approximate surface area is 117 Å². The molecule has 20 heavy (non-hydrogen) atoms. The van der Waals surface area contributed by atoms with Crippen molar-refractivity contribution in [2.75, 3.05) is 0 Å². The Morgan fingerprint density at radius 3 is 3.05 bits per heavy atom. The van der Waals surface area contributed by atoms with Gasteiger partial charge in [0.15, 0.2) is 0 Å². The molecule has 1 aromatic carbocycles. The molecule has 0 radical (unpaired) electrons. The van der Waals surface area contributed by atoms with Gasteiger partial charge in [0.2, 0.25) is 0 Å². The number of Topliss-reactive ketones (excluding diaryl/α,β-unsaturated/α-hetero) is 1. The predicted molar refractivity (Wildman–Crippen MR) is 76.8 cm³/mol. The third-order valence-corrected chi connectivity index (χ3v) is 5.33. The number of carbonyl (C=O) groups excluding carboxylic acids is 1. The number of phenols is 1.